The molecule has 1 aromatic heterocycles. The van der Waals surface area contributed by atoms with Crippen molar-refractivity contribution >= 4 is 13.1 Å². The average molecular weight is 173 g/mol. The Morgan fingerprint density at radius 2 is 2.31 bits per heavy atom. The Kier molecular flexibility index (Phi) is 2.25. The number of pyridine rings is 1. The molecule has 67 valence electrons. The summed E-state index contributed by atoms with van der Waals surface area (Å²) in [6.45, 7) is 4.34. The molecule has 0 saturated carbocycles. The highest BCUT2D eigenvalue weighted by molar-refractivity contribution is 6.36. The molecule has 2 heterocycles. The highest BCUT2D eigenvalue weighted by Crippen LogP contribution is 2.20. The molecule has 0 unspecified atom stereocenters. The molecule has 1 aliphatic heterocycles. The fourth-order valence-electron chi connectivity index (χ4n) is 1.54. The topological polar surface area (TPSA) is 24.9 Å². The molecule has 1 radical (unpaired) electrons. The Bertz CT molecular complexity index is 310. The summed E-state index contributed by atoms with van der Waals surface area (Å²) in [5.41, 5.74) is 2.49. The first-order chi connectivity index (χ1) is 6.27. The molecule has 3 heteroatoms. The molecule has 0 aliphatic carbocycles. The van der Waals surface area contributed by atoms with Crippen LogP contribution in [0, 0.1) is 0 Å². The lowest BCUT2D eigenvalue weighted by Crippen LogP contribution is -2.21. The van der Waals surface area contributed by atoms with Gasteiger partial charge in [0.15, 0.2) is 0 Å². The standard InChI is InChI=1S/C10H14BN2/c1-7(2)9-4-3-8-5-11-6-12-10(8)13-9/h3-4,7H,5-6H2,1-2H3,(H,12,13). The Labute approximate surface area is 80.0 Å². The summed E-state index contributed by atoms with van der Waals surface area (Å²) < 4.78 is 0. The van der Waals surface area contributed by atoms with Crippen LogP contribution in [0.2, 0.25) is 0 Å². The summed E-state index contributed by atoms with van der Waals surface area (Å²) in [4.78, 5) is 4.58. The predicted octanol–water partition coefficient (Wildman–Crippen LogP) is 1.79. The number of hydrogen-bond donors (Lipinski definition) is 1. The van der Waals surface area contributed by atoms with Gasteiger partial charge in [-0.1, -0.05) is 19.9 Å². The minimum absolute atomic E-state index is 0.512. The van der Waals surface area contributed by atoms with E-state index in [2.05, 4.69) is 43.6 Å². The molecule has 13 heavy (non-hydrogen) atoms. The second-order valence-corrected chi connectivity index (χ2v) is 3.77. The van der Waals surface area contributed by atoms with Crippen LogP contribution < -0.4 is 5.32 Å². The monoisotopic (exact) mass is 173 g/mol. The van der Waals surface area contributed by atoms with Gasteiger partial charge in [-0.15, -0.1) is 0 Å². The van der Waals surface area contributed by atoms with Crippen molar-refractivity contribution in [3.63, 3.8) is 0 Å². The lowest BCUT2D eigenvalue weighted by atomic mass is 9.70. The molecular weight excluding hydrogens is 159 g/mol. The number of hydrogen-bond acceptors (Lipinski definition) is 2. The largest absolute Gasteiger partial charge is 0.378 e. The second-order valence-electron chi connectivity index (χ2n) is 3.77. The molecule has 0 saturated heterocycles. The van der Waals surface area contributed by atoms with E-state index in [0.717, 1.165) is 18.6 Å². The van der Waals surface area contributed by atoms with Crippen molar-refractivity contribution in [3.05, 3.63) is 23.4 Å². The van der Waals surface area contributed by atoms with Gasteiger partial charge in [-0.2, -0.15) is 0 Å². The van der Waals surface area contributed by atoms with Crippen molar-refractivity contribution < 1.29 is 0 Å². The van der Waals surface area contributed by atoms with Gasteiger partial charge in [-0.05, 0) is 30.3 Å². The number of nitrogens with zero attached hydrogens (tertiary/aromatic N) is 1. The summed E-state index contributed by atoms with van der Waals surface area (Å²) in [5, 5.41) is 3.29. The van der Waals surface area contributed by atoms with Crippen LogP contribution in [-0.4, -0.2) is 18.7 Å². The maximum atomic E-state index is 4.58. The third-order valence-electron chi connectivity index (χ3n) is 2.37. The number of fused-ring (bicyclic) bond motifs is 1. The third kappa shape index (κ3) is 1.69. The molecule has 2 nitrogen and oxygen atoms in total. The summed E-state index contributed by atoms with van der Waals surface area (Å²) in [6, 6.07) is 4.31. The first-order valence-electron chi connectivity index (χ1n) is 4.82. The normalized spacial score (nSPS) is 14.7. The average Bonchev–Trinajstić information content (AvgIpc) is 2.17. The van der Waals surface area contributed by atoms with E-state index in [9.17, 15) is 0 Å². The van der Waals surface area contributed by atoms with E-state index in [-0.39, 0.29) is 0 Å². The smallest absolute Gasteiger partial charge is 0.141 e. The maximum absolute atomic E-state index is 4.58. The summed E-state index contributed by atoms with van der Waals surface area (Å²) in [6.07, 6.45) is 2.00. The van der Waals surface area contributed by atoms with Crippen molar-refractivity contribution in [1.82, 2.24) is 4.98 Å². The van der Waals surface area contributed by atoms with Gasteiger partial charge in [0.25, 0.3) is 0 Å². The lowest BCUT2D eigenvalue weighted by molar-refractivity contribution is 0.821. The SMILES string of the molecule is CC(C)c1ccc2c(n1)NC[B]C2. The van der Waals surface area contributed by atoms with Crippen LogP contribution in [-0.2, 0) is 6.32 Å². The number of aromatic nitrogens is 1. The molecular formula is C10H14BN2. The van der Waals surface area contributed by atoms with Crippen molar-refractivity contribution in [2.75, 3.05) is 11.8 Å². The van der Waals surface area contributed by atoms with Crippen LogP contribution in [0.1, 0.15) is 31.0 Å². The Morgan fingerprint density at radius 3 is 3.08 bits per heavy atom. The molecule has 0 fully saturated rings. The van der Waals surface area contributed by atoms with Crippen LogP contribution >= 0.6 is 0 Å². The van der Waals surface area contributed by atoms with Crippen LogP contribution in [0.25, 0.3) is 0 Å². The van der Waals surface area contributed by atoms with Crippen LogP contribution in [0.5, 0.6) is 0 Å². The Morgan fingerprint density at radius 1 is 1.46 bits per heavy atom. The lowest BCUT2D eigenvalue weighted by Gasteiger charge is -2.17. The fourth-order valence-corrected chi connectivity index (χ4v) is 1.54. The van der Waals surface area contributed by atoms with Gasteiger partial charge in [0.1, 0.15) is 13.1 Å². The number of anilines is 1. The van der Waals surface area contributed by atoms with Crippen LogP contribution in [0.4, 0.5) is 5.82 Å². The Hall–Kier alpha value is -0.985. The molecule has 0 aromatic carbocycles. The van der Waals surface area contributed by atoms with Gasteiger partial charge in [0.2, 0.25) is 0 Å². The van der Waals surface area contributed by atoms with Gasteiger partial charge in [-0.25, -0.2) is 4.98 Å². The summed E-state index contributed by atoms with van der Waals surface area (Å²) in [5.74, 6) is 1.59. The molecule has 0 bridgehead atoms. The van der Waals surface area contributed by atoms with Crippen molar-refractivity contribution in [3.8, 4) is 0 Å². The maximum Gasteiger partial charge on any atom is 0.141 e. The van der Waals surface area contributed by atoms with E-state index in [1.807, 2.05) is 0 Å². The first-order valence-corrected chi connectivity index (χ1v) is 4.82. The van der Waals surface area contributed by atoms with E-state index < -0.39 is 0 Å². The van der Waals surface area contributed by atoms with Gasteiger partial charge in [0.05, 0.1) is 0 Å². The Balaban J connectivity index is 2.35. The highest BCUT2D eigenvalue weighted by Gasteiger charge is 2.11. The fraction of sp³-hybridized carbons (Fsp3) is 0.500. The van der Waals surface area contributed by atoms with E-state index in [0.29, 0.717) is 5.92 Å². The van der Waals surface area contributed by atoms with Crippen molar-refractivity contribution in [1.29, 1.82) is 0 Å². The molecule has 2 rings (SSSR count). The third-order valence-corrected chi connectivity index (χ3v) is 2.37. The van der Waals surface area contributed by atoms with E-state index in [1.165, 1.54) is 11.3 Å². The van der Waals surface area contributed by atoms with Gasteiger partial charge in [-0.3, -0.25) is 0 Å². The molecule has 1 aromatic rings. The summed E-state index contributed by atoms with van der Waals surface area (Å²) in [7, 11) is 2.24. The molecule has 0 atom stereocenters. The zero-order chi connectivity index (χ0) is 9.26. The second kappa shape index (κ2) is 3.40. The van der Waals surface area contributed by atoms with Crippen LogP contribution in [0.3, 0.4) is 0 Å². The van der Waals surface area contributed by atoms with Crippen molar-refractivity contribution in [2.24, 2.45) is 0 Å². The molecule has 0 spiro atoms. The van der Waals surface area contributed by atoms with Crippen LogP contribution in [0.15, 0.2) is 12.1 Å². The molecule has 0 amide bonds. The summed E-state index contributed by atoms with van der Waals surface area (Å²) >= 11 is 0. The van der Waals surface area contributed by atoms with Gasteiger partial charge in [0, 0.05) is 5.69 Å². The zero-order valence-corrected chi connectivity index (χ0v) is 8.17. The quantitative estimate of drug-likeness (QED) is 0.655. The highest BCUT2D eigenvalue weighted by atomic mass is 15.0. The molecule has 1 N–H and O–H groups in total. The van der Waals surface area contributed by atoms with Gasteiger partial charge < -0.3 is 5.32 Å². The van der Waals surface area contributed by atoms with Crippen molar-refractivity contribution in [2.45, 2.75) is 26.1 Å². The first kappa shape index (κ1) is 8.61. The number of nitrogens with one attached hydrogen (secondary N) is 1. The predicted molar refractivity (Wildman–Crippen MR) is 56.3 cm³/mol. The van der Waals surface area contributed by atoms with E-state index in [1.54, 1.807) is 0 Å². The van der Waals surface area contributed by atoms with E-state index >= 15 is 0 Å². The molecule has 1 aliphatic rings. The number of rotatable bonds is 1. The minimum atomic E-state index is 0.512. The minimum Gasteiger partial charge on any atom is -0.378 e. The van der Waals surface area contributed by atoms with E-state index in [4.69, 9.17) is 0 Å². The van der Waals surface area contributed by atoms with Gasteiger partial charge >= 0.3 is 0 Å². The zero-order valence-electron chi connectivity index (χ0n) is 8.17.